The number of nitrogens with zero attached hydrogens (tertiary/aromatic N) is 2. The Morgan fingerprint density at radius 3 is 2.72 bits per heavy atom. The summed E-state index contributed by atoms with van der Waals surface area (Å²) >= 11 is 0. The molecule has 1 aromatic rings. The molecule has 2 rings (SSSR count). The molecule has 0 spiro atoms. The number of rotatable bonds is 6. The average Bonchev–Trinajstić information content (AvgIpc) is 2.86. The second-order valence-electron chi connectivity index (χ2n) is 4.79. The van der Waals surface area contributed by atoms with Crippen LogP contribution in [0.3, 0.4) is 0 Å². The van der Waals surface area contributed by atoms with Crippen molar-refractivity contribution in [2.75, 3.05) is 13.2 Å². The summed E-state index contributed by atoms with van der Waals surface area (Å²) in [5.74, 6) is 1.89. The fourth-order valence-electron chi connectivity index (χ4n) is 2.52. The lowest BCUT2D eigenvalue weighted by Crippen LogP contribution is -2.32. The van der Waals surface area contributed by atoms with Crippen molar-refractivity contribution < 1.29 is 9.26 Å². The quantitative estimate of drug-likeness (QED) is 0.842. The van der Waals surface area contributed by atoms with Gasteiger partial charge in [-0.25, -0.2) is 0 Å². The van der Waals surface area contributed by atoms with E-state index in [9.17, 15) is 0 Å². The van der Waals surface area contributed by atoms with Gasteiger partial charge >= 0.3 is 0 Å². The van der Waals surface area contributed by atoms with Gasteiger partial charge < -0.3 is 14.6 Å². The van der Waals surface area contributed by atoms with E-state index in [1.165, 1.54) is 12.8 Å². The molecule has 0 unspecified atom stereocenters. The Balaban J connectivity index is 1.83. The van der Waals surface area contributed by atoms with Gasteiger partial charge in [-0.15, -0.1) is 0 Å². The molecule has 1 fully saturated rings. The van der Waals surface area contributed by atoms with Crippen LogP contribution in [0.1, 0.15) is 57.2 Å². The van der Waals surface area contributed by atoms with E-state index in [0.29, 0.717) is 31.0 Å². The molecule has 0 saturated heterocycles. The van der Waals surface area contributed by atoms with Crippen molar-refractivity contribution in [1.82, 2.24) is 15.5 Å². The van der Waals surface area contributed by atoms with Crippen LogP contribution in [-0.4, -0.2) is 29.3 Å². The van der Waals surface area contributed by atoms with E-state index < -0.39 is 0 Å². The summed E-state index contributed by atoms with van der Waals surface area (Å²) < 4.78 is 10.6. The fourth-order valence-corrected chi connectivity index (χ4v) is 2.52. The molecule has 0 radical (unpaired) electrons. The molecule has 0 aliphatic heterocycles. The monoisotopic (exact) mass is 253 g/mol. The Labute approximate surface area is 108 Å². The van der Waals surface area contributed by atoms with Crippen LogP contribution in [0, 0.1) is 0 Å². The number of ether oxygens (including phenoxy) is 1. The summed E-state index contributed by atoms with van der Waals surface area (Å²) in [7, 11) is 0. The van der Waals surface area contributed by atoms with E-state index in [-0.39, 0.29) is 0 Å². The van der Waals surface area contributed by atoms with Gasteiger partial charge in [-0.1, -0.05) is 12.1 Å². The van der Waals surface area contributed by atoms with Gasteiger partial charge in [0, 0.05) is 18.6 Å². The molecule has 102 valence electrons. The van der Waals surface area contributed by atoms with Crippen molar-refractivity contribution in [3.8, 4) is 0 Å². The maximum absolute atomic E-state index is 5.33. The van der Waals surface area contributed by atoms with E-state index in [0.717, 1.165) is 25.3 Å². The van der Waals surface area contributed by atoms with Gasteiger partial charge in [-0.05, 0) is 39.2 Å². The van der Waals surface area contributed by atoms with E-state index in [2.05, 4.69) is 22.4 Å². The Hall–Kier alpha value is -0.940. The van der Waals surface area contributed by atoms with Crippen molar-refractivity contribution in [2.45, 2.75) is 58.1 Å². The van der Waals surface area contributed by atoms with Gasteiger partial charge in [0.2, 0.25) is 5.89 Å². The molecular weight excluding hydrogens is 230 g/mol. The Bertz CT molecular complexity index is 346. The molecule has 0 amide bonds. The van der Waals surface area contributed by atoms with Crippen LogP contribution in [0.25, 0.3) is 0 Å². The van der Waals surface area contributed by atoms with Gasteiger partial charge in [0.15, 0.2) is 5.82 Å². The predicted molar refractivity (Wildman–Crippen MR) is 68.3 cm³/mol. The molecule has 1 heterocycles. The maximum Gasteiger partial charge on any atom is 0.229 e. The highest BCUT2D eigenvalue weighted by atomic mass is 16.5. The first-order chi connectivity index (χ1) is 8.83. The molecule has 5 nitrogen and oxygen atoms in total. The lowest BCUT2D eigenvalue weighted by molar-refractivity contribution is 0.126. The molecular formula is C13H23N3O2. The van der Waals surface area contributed by atoms with Crippen LogP contribution in [0.5, 0.6) is 0 Å². The molecule has 0 bridgehead atoms. The van der Waals surface area contributed by atoms with E-state index in [1.807, 2.05) is 6.92 Å². The molecule has 1 aliphatic rings. The van der Waals surface area contributed by atoms with Crippen LogP contribution >= 0.6 is 0 Å². The molecule has 18 heavy (non-hydrogen) atoms. The molecule has 1 saturated carbocycles. The zero-order valence-corrected chi connectivity index (χ0v) is 11.3. The number of hydrogen-bond donors (Lipinski definition) is 1. The second-order valence-corrected chi connectivity index (χ2v) is 4.79. The van der Waals surface area contributed by atoms with Crippen molar-refractivity contribution in [3.05, 3.63) is 11.7 Å². The first kappa shape index (κ1) is 13.5. The van der Waals surface area contributed by atoms with Crippen LogP contribution in [0.2, 0.25) is 0 Å². The molecule has 5 heteroatoms. The van der Waals surface area contributed by atoms with Gasteiger partial charge in [0.05, 0.1) is 0 Å². The molecule has 0 atom stereocenters. The summed E-state index contributed by atoms with van der Waals surface area (Å²) in [5, 5.41) is 7.46. The third kappa shape index (κ3) is 3.53. The Morgan fingerprint density at radius 1 is 1.28 bits per heavy atom. The second kappa shape index (κ2) is 6.85. The average molecular weight is 253 g/mol. The van der Waals surface area contributed by atoms with Crippen LogP contribution in [0.15, 0.2) is 4.52 Å². The topological polar surface area (TPSA) is 60.2 Å². The lowest BCUT2D eigenvalue weighted by Gasteiger charge is -2.26. The third-order valence-electron chi connectivity index (χ3n) is 3.49. The third-order valence-corrected chi connectivity index (χ3v) is 3.49. The maximum atomic E-state index is 5.33. The summed E-state index contributed by atoms with van der Waals surface area (Å²) in [6.07, 6.45) is 4.66. The van der Waals surface area contributed by atoms with Gasteiger partial charge in [-0.2, -0.15) is 4.98 Å². The van der Waals surface area contributed by atoms with E-state index >= 15 is 0 Å². The van der Waals surface area contributed by atoms with Gasteiger partial charge in [0.1, 0.15) is 6.61 Å². The Morgan fingerprint density at radius 2 is 2.06 bits per heavy atom. The highest BCUT2D eigenvalue weighted by Crippen LogP contribution is 2.31. The highest BCUT2D eigenvalue weighted by Gasteiger charge is 2.25. The van der Waals surface area contributed by atoms with Crippen molar-refractivity contribution in [2.24, 2.45) is 0 Å². The summed E-state index contributed by atoms with van der Waals surface area (Å²) in [6.45, 7) is 6.30. The minimum absolute atomic E-state index is 0.433. The Kier molecular flexibility index (Phi) is 5.13. The van der Waals surface area contributed by atoms with Crippen LogP contribution in [0.4, 0.5) is 0 Å². The predicted octanol–water partition coefficient (Wildman–Crippen LogP) is 2.24. The molecule has 1 aliphatic carbocycles. The molecule has 0 aromatic carbocycles. The minimum atomic E-state index is 0.433. The van der Waals surface area contributed by atoms with E-state index in [1.54, 1.807) is 0 Å². The summed E-state index contributed by atoms with van der Waals surface area (Å²) in [4.78, 5) is 4.42. The fraction of sp³-hybridized carbons (Fsp3) is 0.846. The number of aromatic nitrogens is 2. The zero-order valence-electron chi connectivity index (χ0n) is 11.3. The van der Waals surface area contributed by atoms with Crippen molar-refractivity contribution >= 4 is 0 Å². The highest BCUT2D eigenvalue weighted by molar-refractivity contribution is 4.96. The normalized spacial score (nSPS) is 24.3. The summed E-state index contributed by atoms with van der Waals surface area (Å²) in [6, 6.07) is 0.664. The summed E-state index contributed by atoms with van der Waals surface area (Å²) in [5.41, 5.74) is 0. The van der Waals surface area contributed by atoms with Gasteiger partial charge in [0.25, 0.3) is 0 Å². The van der Waals surface area contributed by atoms with Crippen LogP contribution < -0.4 is 5.32 Å². The minimum Gasteiger partial charge on any atom is -0.374 e. The smallest absolute Gasteiger partial charge is 0.229 e. The van der Waals surface area contributed by atoms with Crippen LogP contribution in [-0.2, 0) is 11.3 Å². The first-order valence-corrected chi connectivity index (χ1v) is 6.97. The lowest BCUT2D eigenvalue weighted by atomic mass is 9.86. The first-order valence-electron chi connectivity index (χ1n) is 6.97. The van der Waals surface area contributed by atoms with E-state index in [4.69, 9.17) is 9.26 Å². The SMILES string of the molecule is CCNC1CCC(c2nc(COCC)no2)CC1. The van der Waals surface area contributed by atoms with Crippen molar-refractivity contribution in [1.29, 1.82) is 0 Å². The van der Waals surface area contributed by atoms with Gasteiger partial charge in [-0.3, -0.25) is 0 Å². The zero-order chi connectivity index (χ0) is 12.8. The molecule has 1 N–H and O–H groups in total. The van der Waals surface area contributed by atoms with Crippen molar-refractivity contribution in [3.63, 3.8) is 0 Å². The molecule has 1 aromatic heterocycles. The number of nitrogens with one attached hydrogen (secondary N) is 1. The largest absolute Gasteiger partial charge is 0.374 e. The number of hydrogen-bond acceptors (Lipinski definition) is 5. The standard InChI is InChI=1S/C13H23N3O2/c1-3-14-11-7-5-10(6-8-11)13-15-12(16-18-13)9-17-4-2/h10-11,14H,3-9H2,1-2H3.